The molecule has 3 rings (SSSR count). The Balaban J connectivity index is 2.19. The number of nitrogens with one attached hydrogen (secondary N) is 2. The van der Waals surface area contributed by atoms with Gasteiger partial charge in [-0.25, -0.2) is 8.42 Å². The van der Waals surface area contributed by atoms with E-state index in [1.54, 1.807) is 6.20 Å². The number of para-hydroxylation sites is 1. The van der Waals surface area contributed by atoms with E-state index in [-0.39, 0.29) is 30.1 Å². The van der Waals surface area contributed by atoms with Crippen molar-refractivity contribution < 1.29 is 13.1 Å². The van der Waals surface area contributed by atoms with Crippen LogP contribution in [-0.4, -0.2) is 24.6 Å². The maximum absolute atomic E-state index is 12.7. The molecule has 26 heavy (non-hydrogen) atoms. The number of benzene rings is 1. The van der Waals surface area contributed by atoms with Gasteiger partial charge >= 0.3 is 10.6 Å². The van der Waals surface area contributed by atoms with E-state index in [9.17, 15) is 18.4 Å². The van der Waals surface area contributed by atoms with Crippen molar-refractivity contribution in [2.45, 2.75) is 31.7 Å². The Labute approximate surface area is 151 Å². The minimum Gasteiger partial charge on any atom is -0.617 e. The normalized spacial score (nSPS) is 12.2. The fraction of sp³-hybridized carbons (Fsp3) is 0.333. The SMILES string of the molecule is CC(C)Cc1c(=O)[nH]c(Cc2c[nH]c3ccccc23)c(S(C)(=O)=O)[n+]1[O-]. The summed E-state index contributed by atoms with van der Waals surface area (Å²) in [5, 5.41) is 13.2. The minimum absolute atomic E-state index is 0.0446. The molecule has 0 radical (unpaired) electrons. The fourth-order valence-electron chi connectivity index (χ4n) is 3.12. The van der Waals surface area contributed by atoms with Gasteiger partial charge in [0.15, 0.2) is 0 Å². The zero-order valence-electron chi connectivity index (χ0n) is 14.9. The second-order valence-electron chi connectivity index (χ2n) is 6.89. The number of sulfone groups is 1. The average molecular weight is 375 g/mol. The summed E-state index contributed by atoms with van der Waals surface area (Å²) in [6, 6.07) is 7.56. The zero-order chi connectivity index (χ0) is 19.1. The molecule has 1 aromatic carbocycles. The number of nitrogens with zero attached hydrogens (tertiary/aromatic N) is 1. The summed E-state index contributed by atoms with van der Waals surface area (Å²) in [5.41, 5.74) is 1.18. The smallest absolute Gasteiger partial charge is 0.328 e. The topological polar surface area (TPSA) is 110 Å². The highest BCUT2D eigenvalue weighted by atomic mass is 32.2. The maximum atomic E-state index is 12.7. The molecule has 7 nitrogen and oxygen atoms in total. The van der Waals surface area contributed by atoms with Gasteiger partial charge in [-0.3, -0.25) is 4.79 Å². The van der Waals surface area contributed by atoms with Crippen LogP contribution in [0.1, 0.15) is 30.8 Å². The molecule has 0 saturated heterocycles. The van der Waals surface area contributed by atoms with Gasteiger partial charge in [0.1, 0.15) is 5.69 Å². The molecule has 2 heterocycles. The second-order valence-corrected chi connectivity index (χ2v) is 8.82. The lowest BCUT2D eigenvalue weighted by Crippen LogP contribution is -2.46. The van der Waals surface area contributed by atoms with Crippen LogP contribution in [0.3, 0.4) is 0 Å². The molecule has 0 amide bonds. The van der Waals surface area contributed by atoms with Crippen LogP contribution in [0.5, 0.6) is 0 Å². The third-order valence-corrected chi connectivity index (χ3v) is 5.32. The highest BCUT2D eigenvalue weighted by Gasteiger charge is 2.30. The van der Waals surface area contributed by atoms with E-state index in [2.05, 4.69) is 9.97 Å². The summed E-state index contributed by atoms with van der Waals surface area (Å²) in [5.74, 6) is 0.0446. The summed E-state index contributed by atoms with van der Waals surface area (Å²) >= 11 is 0. The molecule has 0 unspecified atom stereocenters. The molecular formula is C18H21N3O4S. The van der Waals surface area contributed by atoms with Crippen LogP contribution in [0.4, 0.5) is 0 Å². The highest BCUT2D eigenvalue weighted by molar-refractivity contribution is 7.90. The summed E-state index contributed by atoms with van der Waals surface area (Å²) in [4.78, 5) is 18.1. The van der Waals surface area contributed by atoms with Crippen molar-refractivity contribution in [2.75, 3.05) is 6.26 Å². The van der Waals surface area contributed by atoms with Gasteiger partial charge in [0.25, 0.3) is 5.69 Å². The molecule has 0 spiro atoms. The minimum atomic E-state index is -3.83. The van der Waals surface area contributed by atoms with Gasteiger partial charge < -0.3 is 15.2 Å². The first-order valence-corrected chi connectivity index (χ1v) is 10.2. The third kappa shape index (κ3) is 3.37. The molecule has 3 aromatic rings. The molecule has 0 aliphatic rings. The first-order valence-electron chi connectivity index (χ1n) is 8.31. The molecular weight excluding hydrogens is 354 g/mol. The molecule has 0 atom stereocenters. The van der Waals surface area contributed by atoms with Crippen LogP contribution in [0, 0.1) is 11.1 Å². The monoisotopic (exact) mass is 375 g/mol. The molecule has 0 aliphatic carbocycles. The number of hydrogen-bond acceptors (Lipinski definition) is 4. The Kier molecular flexibility index (Phi) is 4.62. The van der Waals surface area contributed by atoms with Gasteiger partial charge in [-0.1, -0.05) is 32.0 Å². The summed E-state index contributed by atoms with van der Waals surface area (Å²) in [6.07, 6.45) is 3.07. The van der Waals surface area contributed by atoms with Crippen LogP contribution in [0.15, 0.2) is 40.3 Å². The molecule has 2 N–H and O–H groups in total. The van der Waals surface area contributed by atoms with Crippen molar-refractivity contribution in [3.05, 3.63) is 63.0 Å². The Morgan fingerprint density at radius 3 is 2.58 bits per heavy atom. The highest BCUT2D eigenvalue weighted by Crippen LogP contribution is 2.22. The number of hydrogen-bond donors (Lipinski definition) is 2. The predicted molar refractivity (Wildman–Crippen MR) is 98.8 cm³/mol. The summed E-state index contributed by atoms with van der Waals surface area (Å²) in [6.45, 7) is 3.72. The number of aromatic amines is 2. The molecule has 0 fully saturated rings. The summed E-state index contributed by atoms with van der Waals surface area (Å²) < 4.78 is 24.8. The van der Waals surface area contributed by atoms with Crippen molar-refractivity contribution >= 4 is 20.7 Å². The molecule has 0 aliphatic heterocycles. The van der Waals surface area contributed by atoms with Gasteiger partial charge in [0.05, 0.1) is 0 Å². The Morgan fingerprint density at radius 2 is 1.92 bits per heavy atom. The quantitative estimate of drug-likeness (QED) is 0.522. The van der Waals surface area contributed by atoms with Crippen LogP contribution in [0.25, 0.3) is 10.9 Å². The average Bonchev–Trinajstić information content (AvgIpc) is 2.93. The first-order chi connectivity index (χ1) is 12.2. The van der Waals surface area contributed by atoms with Crippen LogP contribution in [0.2, 0.25) is 0 Å². The van der Waals surface area contributed by atoms with E-state index in [0.29, 0.717) is 4.73 Å². The number of rotatable bonds is 5. The van der Waals surface area contributed by atoms with Crippen LogP contribution < -0.4 is 10.3 Å². The maximum Gasteiger partial charge on any atom is 0.328 e. The van der Waals surface area contributed by atoms with E-state index in [4.69, 9.17) is 0 Å². The van der Waals surface area contributed by atoms with E-state index in [1.807, 2.05) is 38.1 Å². The van der Waals surface area contributed by atoms with E-state index >= 15 is 0 Å². The molecule has 8 heteroatoms. The molecule has 0 bridgehead atoms. The first kappa shape index (κ1) is 18.2. The van der Waals surface area contributed by atoms with Crippen molar-refractivity contribution in [1.82, 2.24) is 9.97 Å². The van der Waals surface area contributed by atoms with Gasteiger partial charge in [0, 0.05) is 36.2 Å². The standard InChI is InChI=1S/C18H21N3O4S/c1-11(2)8-16-17(22)20-15(18(21(16)23)26(3,24)25)9-12-10-19-14-7-5-4-6-13(12)14/h4-7,10-11,19H,8-9H2,1-3H3,(H,20,22). The Bertz CT molecular complexity index is 1130. The van der Waals surface area contributed by atoms with Crippen molar-refractivity contribution in [2.24, 2.45) is 5.92 Å². The molecule has 138 valence electrons. The van der Waals surface area contributed by atoms with Gasteiger partial charge in [0.2, 0.25) is 9.84 Å². The zero-order valence-corrected chi connectivity index (χ0v) is 15.7. The molecule has 2 aromatic heterocycles. The third-order valence-electron chi connectivity index (χ3n) is 4.21. The Morgan fingerprint density at radius 1 is 1.23 bits per heavy atom. The predicted octanol–water partition coefficient (Wildman–Crippen LogP) is 1.68. The van der Waals surface area contributed by atoms with E-state index < -0.39 is 20.4 Å². The lowest BCUT2D eigenvalue weighted by Gasteiger charge is -2.12. The second kappa shape index (κ2) is 6.60. The fourth-order valence-corrected chi connectivity index (χ4v) is 4.11. The number of aromatic nitrogens is 3. The number of fused-ring (bicyclic) bond motifs is 1. The molecule has 0 saturated carbocycles. The van der Waals surface area contributed by atoms with Gasteiger partial charge in [-0.15, -0.1) is 0 Å². The van der Waals surface area contributed by atoms with Crippen molar-refractivity contribution in [3.63, 3.8) is 0 Å². The largest absolute Gasteiger partial charge is 0.617 e. The number of H-pyrrole nitrogens is 2. The van der Waals surface area contributed by atoms with Crippen molar-refractivity contribution in [3.8, 4) is 0 Å². The van der Waals surface area contributed by atoms with Gasteiger partial charge in [-0.2, -0.15) is 4.73 Å². The lowest BCUT2D eigenvalue weighted by molar-refractivity contribution is -0.657. The van der Waals surface area contributed by atoms with Gasteiger partial charge in [-0.05, 0) is 17.5 Å². The van der Waals surface area contributed by atoms with Crippen LogP contribution >= 0.6 is 0 Å². The Hall–Kier alpha value is -2.61. The van der Waals surface area contributed by atoms with E-state index in [1.165, 1.54) is 0 Å². The van der Waals surface area contributed by atoms with Crippen molar-refractivity contribution in [1.29, 1.82) is 0 Å². The lowest BCUT2D eigenvalue weighted by atomic mass is 10.1. The summed E-state index contributed by atoms with van der Waals surface area (Å²) in [7, 11) is -3.83. The van der Waals surface area contributed by atoms with Crippen LogP contribution in [-0.2, 0) is 22.7 Å². The van der Waals surface area contributed by atoms with E-state index in [0.717, 1.165) is 22.7 Å².